The van der Waals surface area contributed by atoms with Crippen LogP contribution in [-0.2, 0) is 4.79 Å². The van der Waals surface area contributed by atoms with Crippen LogP contribution in [0.3, 0.4) is 0 Å². The summed E-state index contributed by atoms with van der Waals surface area (Å²) >= 11 is 0. The van der Waals surface area contributed by atoms with Crippen LogP contribution in [0.4, 0.5) is 0 Å². The highest BCUT2D eigenvalue weighted by molar-refractivity contribution is 5.88. The summed E-state index contributed by atoms with van der Waals surface area (Å²) in [7, 11) is 0. The van der Waals surface area contributed by atoms with Gasteiger partial charge in [0.05, 0.1) is 0 Å². The molecule has 18 heavy (non-hydrogen) atoms. The third-order valence-corrected chi connectivity index (χ3v) is 5.06. The van der Waals surface area contributed by atoms with Crippen molar-refractivity contribution in [3.63, 3.8) is 0 Å². The fraction of sp³-hybridized carbons (Fsp3) is 0.938. The number of rotatable bonds is 6. The zero-order valence-electron chi connectivity index (χ0n) is 12.0. The minimum atomic E-state index is -0.0461. The normalized spacial score (nSPS) is 31.3. The van der Waals surface area contributed by atoms with Crippen LogP contribution in [0.15, 0.2) is 0 Å². The summed E-state index contributed by atoms with van der Waals surface area (Å²) in [5.41, 5.74) is -0.0461. The maximum Gasteiger partial charge on any atom is 0.142 e. The second-order valence-corrected chi connectivity index (χ2v) is 7.59. The van der Waals surface area contributed by atoms with Gasteiger partial charge in [0.1, 0.15) is 5.78 Å². The van der Waals surface area contributed by atoms with Crippen LogP contribution in [0.25, 0.3) is 0 Å². The van der Waals surface area contributed by atoms with Gasteiger partial charge in [-0.2, -0.15) is 0 Å². The summed E-state index contributed by atoms with van der Waals surface area (Å²) in [5, 5.41) is 0. The smallest absolute Gasteiger partial charge is 0.142 e. The number of hydrogen-bond acceptors (Lipinski definition) is 2. The first-order chi connectivity index (χ1) is 8.54. The van der Waals surface area contributed by atoms with Crippen LogP contribution in [0.1, 0.15) is 52.4 Å². The second-order valence-electron chi connectivity index (χ2n) is 7.59. The molecule has 0 bridgehead atoms. The Morgan fingerprint density at radius 3 is 1.94 bits per heavy atom. The third-order valence-electron chi connectivity index (χ3n) is 5.06. The highest BCUT2D eigenvalue weighted by Crippen LogP contribution is 2.39. The topological polar surface area (TPSA) is 20.3 Å². The molecule has 3 aliphatic carbocycles. The fourth-order valence-electron chi connectivity index (χ4n) is 3.38. The van der Waals surface area contributed by atoms with Gasteiger partial charge in [-0.15, -0.1) is 0 Å². The van der Waals surface area contributed by atoms with E-state index in [0.29, 0.717) is 11.7 Å². The van der Waals surface area contributed by atoms with E-state index in [0.717, 1.165) is 31.2 Å². The Morgan fingerprint density at radius 1 is 1.00 bits per heavy atom. The van der Waals surface area contributed by atoms with E-state index >= 15 is 0 Å². The standard InChI is InChI=1S/C16H27NO/c1-16(2)8-7-14(15(16)18)11-17(9-12-3-4-12)10-13-5-6-13/h12-14H,3-11H2,1-2H3. The van der Waals surface area contributed by atoms with Crippen molar-refractivity contribution in [2.45, 2.75) is 52.4 Å². The molecule has 0 aromatic carbocycles. The first kappa shape index (κ1) is 12.7. The number of Topliss-reactive ketones (excluding diaryl/α,β-unsaturated/α-hetero) is 1. The molecule has 0 aliphatic heterocycles. The molecule has 0 aromatic rings. The molecule has 0 radical (unpaired) electrons. The van der Waals surface area contributed by atoms with Gasteiger partial charge < -0.3 is 4.90 Å². The maximum atomic E-state index is 12.3. The molecule has 0 aromatic heterocycles. The van der Waals surface area contributed by atoms with E-state index in [9.17, 15) is 4.79 Å². The molecule has 1 atom stereocenters. The lowest BCUT2D eigenvalue weighted by Crippen LogP contribution is -2.36. The van der Waals surface area contributed by atoms with Gasteiger partial charge in [0, 0.05) is 31.0 Å². The second kappa shape index (κ2) is 4.63. The number of nitrogens with zero attached hydrogens (tertiary/aromatic N) is 1. The number of carbonyl (C=O) groups excluding carboxylic acids is 1. The molecule has 1 unspecified atom stereocenters. The van der Waals surface area contributed by atoms with Crippen LogP contribution in [0.2, 0.25) is 0 Å². The molecule has 0 saturated heterocycles. The van der Waals surface area contributed by atoms with Crippen molar-refractivity contribution in [2.75, 3.05) is 19.6 Å². The van der Waals surface area contributed by atoms with Crippen molar-refractivity contribution in [1.29, 1.82) is 0 Å². The van der Waals surface area contributed by atoms with E-state index in [1.165, 1.54) is 38.8 Å². The summed E-state index contributed by atoms with van der Waals surface area (Å²) in [4.78, 5) is 15.0. The molecule has 0 heterocycles. The van der Waals surface area contributed by atoms with Crippen molar-refractivity contribution in [3.05, 3.63) is 0 Å². The van der Waals surface area contributed by atoms with E-state index in [-0.39, 0.29) is 5.41 Å². The summed E-state index contributed by atoms with van der Waals surface area (Å²) in [6.07, 6.45) is 7.90. The summed E-state index contributed by atoms with van der Waals surface area (Å²) in [6, 6.07) is 0. The van der Waals surface area contributed by atoms with E-state index in [1.54, 1.807) is 0 Å². The lowest BCUT2D eigenvalue weighted by molar-refractivity contribution is -0.128. The highest BCUT2D eigenvalue weighted by atomic mass is 16.1. The number of ketones is 1. The minimum Gasteiger partial charge on any atom is -0.302 e. The van der Waals surface area contributed by atoms with E-state index in [2.05, 4.69) is 18.7 Å². The van der Waals surface area contributed by atoms with Crippen LogP contribution < -0.4 is 0 Å². The van der Waals surface area contributed by atoms with Crippen LogP contribution >= 0.6 is 0 Å². The average molecular weight is 249 g/mol. The Morgan fingerprint density at radius 2 is 1.56 bits per heavy atom. The molecular weight excluding hydrogens is 222 g/mol. The summed E-state index contributed by atoms with van der Waals surface area (Å²) in [6.45, 7) is 7.83. The number of hydrogen-bond donors (Lipinski definition) is 0. The van der Waals surface area contributed by atoms with Gasteiger partial charge in [0.25, 0.3) is 0 Å². The summed E-state index contributed by atoms with van der Waals surface area (Å²) < 4.78 is 0. The van der Waals surface area contributed by atoms with Crippen molar-refractivity contribution < 1.29 is 4.79 Å². The molecule has 2 nitrogen and oxygen atoms in total. The number of carbonyl (C=O) groups is 1. The van der Waals surface area contributed by atoms with E-state index in [4.69, 9.17) is 0 Å². The highest BCUT2D eigenvalue weighted by Gasteiger charge is 2.41. The molecule has 2 heteroatoms. The van der Waals surface area contributed by atoms with Crippen molar-refractivity contribution >= 4 is 5.78 Å². The Hall–Kier alpha value is -0.370. The largest absolute Gasteiger partial charge is 0.302 e. The lowest BCUT2D eigenvalue weighted by atomic mass is 9.89. The zero-order chi connectivity index (χ0) is 12.8. The van der Waals surface area contributed by atoms with Gasteiger partial charge in [0.15, 0.2) is 0 Å². The van der Waals surface area contributed by atoms with Crippen LogP contribution in [0.5, 0.6) is 0 Å². The van der Waals surface area contributed by atoms with Gasteiger partial charge in [-0.3, -0.25) is 4.79 Å². The molecular formula is C16H27NO. The molecule has 3 aliphatic rings. The molecule has 0 amide bonds. The Balaban J connectivity index is 1.55. The molecule has 0 spiro atoms. The van der Waals surface area contributed by atoms with E-state index in [1.807, 2.05) is 0 Å². The van der Waals surface area contributed by atoms with Crippen molar-refractivity contribution in [2.24, 2.45) is 23.2 Å². The summed E-state index contributed by atoms with van der Waals surface area (Å²) in [5.74, 6) is 2.76. The third kappa shape index (κ3) is 2.96. The van der Waals surface area contributed by atoms with Gasteiger partial charge in [-0.05, 0) is 50.4 Å². The Kier molecular flexibility index (Phi) is 3.25. The Bertz CT molecular complexity index is 314. The predicted octanol–water partition coefficient (Wildman–Crippen LogP) is 3.11. The molecule has 3 fully saturated rings. The maximum absolute atomic E-state index is 12.3. The first-order valence-electron chi connectivity index (χ1n) is 7.81. The molecule has 3 rings (SSSR count). The van der Waals surface area contributed by atoms with Crippen molar-refractivity contribution in [3.8, 4) is 0 Å². The van der Waals surface area contributed by atoms with Gasteiger partial charge in [-0.1, -0.05) is 13.8 Å². The van der Waals surface area contributed by atoms with Gasteiger partial charge >= 0.3 is 0 Å². The SMILES string of the molecule is CC1(C)CCC(CN(CC2CC2)CC2CC2)C1=O. The monoisotopic (exact) mass is 249 g/mol. The first-order valence-corrected chi connectivity index (χ1v) is 7.81. The average Bonchev–Trinajstić information content (AvgIpc) is 3.18. The molecule has 0 N–H and O–H groups in total. The quantitative estimate of drug-likeness (QED) is 0.721. The van der Waals surface area contributed by atoms with E-state index < -0.39 is 0 Å². The zero-order valence-corrected chi connectivity index (χ0v) is 12.0. The molecule has 102 valence electrons. The van der Waals surface area contributed by atoms with Crippen LogP contribution in [0, 0.1) is 23.2 Å². The fourth-order valence-corrected chi connectivity index (χ4v) is 3.38. The predicted molar refractivity (Wildman–Crippen MR) is 73.4 cm³/mol. The molecule has 3 saturated carbocycles. The van der Waals surface area contributed by atoms with Crippen LogP contribution in [-0.4, -0.2) is 30.3 Å². The minimum absolute atomic E-state index is 0.0461. The Labute approximate surface area is 111 Å². The van der Waals surface area contributed by atoms with Gasteiger partial charge in [0.2, 0.25) is 0 Å². The van der Waals surface area contributed by atoms with Gasteiger partial charge in [-0.25, -0.2) is 0 Å². The van der Waals surface area contributed by atoms with Crippen molar-refractivity contribution in [1.82, 2.24) is 4.90 Å². The lowest BCUT2D eigenvalue weighted by Gasteiger charge is -2.25.